The quantitative estimate of drug-likeness (QED) is 0.878. The fourth-order valence-corrected chi connectivity index (χ4v) is 3.61. The normalized spacial score (nSPS) is 24.8. The molecule has 0 amide bonds. The second-order valence-corrected chi connectivity index (χ2v) is 6.29. The predicted octanol–water partition coefficient (Wildman–Crippen LogP) is 2.12. The molecule has 1 atom stereocenters. The number of aryl methyl sites for hydroxylation is 1. The van der Waals surface area contributed by atoms with Gasteiger partial charge in [-0.1, -0.05) is 0 Å². The topological polar surface area (TPSA) is 54.2 Å². The number of piperidine rings is 1. The van der Waals surface area contributed by atoms with E-state index in [0.717, 1.165) is 30.0 Å². The van der Waals surface area contributed by atoms with Crippen LogP contribution in [0.2, 0.25) is 0 Å². The highest BCUT2D eigenvalue weighted by molar-refractivity contribution is 5.68. The molecule has 3 heterocycles. The van der Waals surface area contributed by atoms with Crippen molar-refractivity contribution in [3.8, 4) is 0 Å². The molecular formula is C15H21N5. The van der Waals surface area contributed by atoms with Crippen LogP contribution in [0.25, 0.3) is 5.52 Å². The maximum absolute atomic E-state index is 4.51. The lowest BCUT2D eigenvalue weighted by Gasteiger charge is -2.48. The summed E-state index contributed by atoms with van der Waals surface area (Å²) >= 11 is 0. The second-order valence-electron chi connectivity index (χ2n) is 6.29. The number of fused-ring (bicyclic) bond motifs is 1. The molecule has 1 saturated carbocycles. The molecular weight excluding hydrogens is 250 g/mol. The molecule has 1 unspecified atom stereocenters. The Morgan fingerprint density at radius 3 is 3.15 bits per heavy atom. The molecule has 106 valence electrons. The minimum Gasteiger partial charge on any atom is -0.365 e. The second kappa shape index (κ2) is 4.45. The van der Waals surface area contributed by atoms with E-state index in [1.807, 2.05) is 23.8 Å². The van der Waals surface area contributed by atoms with Crippen LogP contribution in [0.5, 0.6) is 0 Å². The van der Waals surface area contributed by atoms with Gasteiger partial charge in [0.05, 0.1) is 5.69 Å². The molecule has 0 aromatic carbocycles. The number of hydrogen-bond acceptors (Lipinski definition) is 4. The highest BCUT2D eigenvalue weighted by Gasteiger charge is 2.40. The lowest BCUT2D eigenvalue weighted by molar-refractivity contribution is 0.135. The van der Waals surface area contributed by atoms with E-state index in [-0.39, 0.29) is 0 Å². The monoisotopic (exact) mass is 271 g/mol. The minimum atomic E-state index is 0.414. The third-order valence-corrected chi connectivity index (χ3v) is 4.79. The summed E-state index contributed by atoms with van der Waals surface area (Å²) < 4.78 is 1.91. The lowest BCUT2D eigenvalue weighted by Crippen LogP contribution is -2.58. The smallest absolute Gasteiger partial charge is 0.152 e. The SMILES string of the molecule is Cc1cc2c(NC3CCNC4(CCC4)C3)nccn2n1. The molecule has 5 nitrogen and oxygen atoms in total. The summed E-state index contributed by atoms with van der Waals surface area (Å²) in [6.07, 6.45) is 10.1. The van der Waals surface area contributed by atoms with E-state index in [0.29, 0.717) is 11.6 Å². The summed E-state index contributed by atoms with van der Waals surface area (Å²) in [7, 11) is 0. The first-order valence-corrected chi connectivity index (χ1v) is 7.57. The molecule has 4 rings (SSSR count). The first-order valence-electron chi connectivity index (χ1n) is 7.57. The maximum atomic E-state index is 4.51. The van der Waals surface area contributed by atoms with Gasteiger partial charge in [-0.25, -0.2) is 9.50 Å². The molecule has 5 heteroatoms. The van der Waals surface area contributed by atoms with Crippen molar-refractivity contribution in [2.75, 3.05) is 11.9 Å². The standard InChI is InChI=1S/C15H21N5/c1-11-9-13-14(16-7-8-20(13)19-11)18-12-3-6-17-15(10-12)4-2-5-15/h7-9,12,17H,2-6,10H2,1H3,(H,16,18). The third-order valence-electron chi connectivity index (χ3n) is 4.79. The van der Waals surface area contributed by atoms with Crippen LogP contribution in [-0.2, 0) is 0 Å². The molecule has 1 aliphatic heterocycles. The molecule has 2 aromatic rings. The summed E-state index contributed by atoms with van der Waals surface area (Å²) in [6, 6.07) is 2.61. The van der Waals surface area contributed by atoms with Gasteiger partial charge in [0.15, 0.2) is 5.82 Å². The van der Waals surface area contributed by atoms with Crippen molar-refractivity contribution in [3.05, 3.63) is 24.2 Å². The van der Waals surface area contributed by atoms with Crippen molar-refractivity contribution < 1.29 is 0 Å². The van der Waals surface area contributed by atoms with Crippen LogP contribution >= 0.6 is 0 Å². The van der Waals surface area contributed by atoms with Crippen molar-refractivity contribution in [1.29, 1.82) is 0 Å². The zero-order valence-electron chi connectivity index (χ0n) is 11.9. The Bertz CT molecular complexity index is 628. The Morgan fingerprint density at radius 1 is 1.45 bits per heavy atom. The summed E-state index contributed by atoms with van der Waals surface area (Å²) in [4.78, 5) is 4.51. The van der Waals surface area contributed by atoms with Crippen LogP contribution in [0.4, 0.5) is 5.82 Å². The number of anilines is 1. The van der Waals surface area contributed by atoms with Gasteiger partial charge in [-0.2, -0.15) is 5.10 Å². The summed E-state index contributed by atoms with van der Waals surface area (Å²) in [5.41, 5.74) is 2.52. The van der Waals surface area contributed by atoms with Gasteiger partial charge < -0.3 is 10.6 Å². The van der Waals surface area contributed by atoms with E-state index in [9.17, 15) is 0 Å². The number of nitrogens with zero attached hydrogens (tertiary/aromatic N) is 3. The molecule has 2 fully saturated rings. The van der Waals surface area contributed by atoms with Gasteiger partial charge in [0.2, 0.25) is 0 Å². The predicted molar refractivity (Wildman–Crippen MR) is 79.0 cm³/mol. The first kappa shape index (κ1) is 12.1. The van der Waals surface area contributed by atoms with E-state index in [2.05, 4.69) is 26.8 Å². The fraction of sp³-hybridized carbons (Fsp3) is 0.600. The van der Waals surface area contributed by atoms with Crippen molar-refractivity contribution in [2.45, 2.75) is 50.6 Å². The highest BCUT2D eigenvalue weighted by Crippen LogP contribution is 2.39. The minimum absolute atomic E-state index is 0.414. The number of nitrogens with one attached hydrogen (secondary N) is 2. The molecule has 2 N–H and O–H groups in total. The van der Waals surface area contributed by atoms with Crippen LogP contribution < -0.4 is 10.6 Å². The van der Waals surface area contributed by atoms with Crippen LogP contribution in [0.3, 0.4) is 0 Å². The maximum Gasteiger partial charge on any atom is 0.152 e. The first-order chi connectivity index (χ1) is 9.74. The molecule has 0 bridgehead atoms. The van der Waals surface area contributed by atoms with Crippen LogP contribution in [0.15, 0.2) is 18.5 Å². The van der Waals surface area contributed by atoms with Gasteiger partial charge in [-0.3, -0.25) is 0 Å². The van der Waals surface area contributed by atoms with Gasteiger partial charge in [-0.15, -0.1) is 0 Å². The Morgan fingerprint density at radius 2 is 2.35 bits per heavy atom. The van der Waals surface area contributed by atoms with E-state index >= 15 is 0 Å². The van der Waals surface area contributed by atoms with Crippen LogP contribution in [0, 0.1) is 6.92 Å². The summed E-state index contributed by atoms with van der Waals surface area (Å²) in [6.45, 7) is 3.13. The summed E-state index contributed by atoms with van der Waals surface area (Å²) in [5, 5.41) is 11.8. The van der Waals surface area contributed by atoms with Crippen LogP contribution in [-0.4, -0.2) is 32.7 Å². The third kappa shape index (κ3) is 1.97. The Balaban J connectivity index is 1.57. The van der Waals surface area contributed by atoms with Gasteiger partial charge in [0.1, 0.15) is 5.52 Å². The molecule has 20 heavy (non-hydrogen) atoms. The highest BCUT2D eigenvalue weighted by atomic mass is 15.2. The fourth-order valence-electron chi connectivity index (χ4n) is 3.61. The van der Waals surface area contributed by atoms with Gasteiger partial charge in [-0.05, 0) is 51.6 Å². The average Bonchev–Trinajstić information content (AvgIpc) is 2.79. The zero-order chi connectivity index (χ0) is 13.6. The Hall–Kier alpha value is -1.62. The lowest BCUT2D eigenvalue weighted by atomic mass is 9.70. The number of hydrogen-bond donors (Lipinski definition) is 2. The van der Waals surface area contributed by atoms with Crippen LogP contribution in [0.1, 0.15) is 37.8 Å². The molecule has 1 spiro atoms. The van der Waals surface area contributed by atoms with E-state index in [4.69, 9.17) is 0 Å². The molecule has 1 aliphatic carbocycles. The van der Waals surface area contributed by atoms with E-state index in [1.165, 1.54) is 25.7 Å². The molecule has 2 aromatic heterocycles. The molecule has 1 saturated heterocycles. The van der Waals surface area contributed by atoms with E-state index < -0.39 is 0 Å². The van der Waals surface area contributed by atoms with Gasteiger partial charge in [0.25, 0.3) is 0 Å². The Kier molecular flexibility index (Phi) is 2.70. The Labute approximate surface area is 118 Å². The number of rotatable bonds is 2. The largest absolute Gasteiger partial charge is 0.365 e. The molecule has 2 aliphatic rings. The zero-order valence-corrected chi connectivity index (χ0v) is 11.9. The van der Waals surface area contributed by atoms with Crippen molar-refractivity contribution in [3.63, 3.8) is 0 Å². The average molecular weight is 271 g/mol. The van der Waals surface area contributed by atoms with Gasteiger partial charge in [0, 0.05) is 24.0 Å². The summed E-state index contributed by atoms with van der Waals surface area (Å²) in [5.74, 6) is 0.967. The number of aromatic nitrogens is 3. The van der Waals surface area contributed by atoms with E-state index in [1.54, 1.807) is 0 Å². The van der Waals surface area contributed by atoms with Crippen molar-refractivity contribution >= 4 is 11.3 Å². The molecule has 0 radical (unpaired) electrons. The van der Waals surface area contributed by atoms with Crippen molar-refractivity contribution in [2.24, 2.45) is 0 Å². The van der Waals surface area contributed by atoms with Gasteiger partial charge >= 0.3 is 0 Å². The van der Waals surface area contributed by atoms with Crippen molar-refractivity contribution in [1.82, 2.24) is 19.9 Å².